The van der Waals surface area contributed by atoms with Crippen molar-refractivity contribution in [3.05, 3.63) is 54.6 Å². The van der Waals surface area contributed by atoms with Gasteiger partial charge in [-0.15, -0.1) is 0 Å². The number of rotatable bonds is 5. The van der Waals surface area contributed by atoms with Gasteiger partial charge in [-0.3, -0.25) is 4.98 Å². The lowest BCUT2D eigenvalue weighted by Crippen LogP contribution is -2.34. The maximum absolute atomic E-state index is 10.6. The highest BCUT2D eigenvalue weighted by Crippen LogP contribution is 2.40. The molecule has 9 heteroatoms. The molecule has 0 spiro atoms. The molecule has 2 fully saturated rings. The van der Waals surface area contributed by atoms with Crippen LogP contribution in [0.1, 0.15) is 30.6 Å². The lowest BCUT2D eigenvalue weighted by Gasteiger charge is -2.17. The number of aliphatic hydroxyl groups excluding tert-OH is 2. The zero-order valence-corrected chi connectivity index (χ0v) is 17.2. The highest BCUT2D eigenvalue weighted by atomic mass is 16.6. The highest BCUT2D eigenvalue weighted by Gasteiger charge is 2.44. The Bertz CT molecular complexity index is 1300. The Morgan fingerprint density at radius 3 is 2.81 bits per heavy atom. The van der Waals surface area contributed by atoms with Crippen molar-refractivity contribution in [2.75, 3.05) is 12.3 Å². The van der Waals surface area contributed by atoms with Crippen LogP contribution < -0.4 is 10.5 Å². The molecule has 4 heterocycles. The lowest BCUT2D eigenvalue weighted by molar-refractivity contribution is -0.0471. The molecule has 0 radical (unpaired) electrons. The molecule has 1 aliphatic carbocycles. The Morgan fingerprint density at radius 1 is 1.09 bits per heavy atom. The number of aromatic nitrogens is 4. The monoisotopic (exact) mass is 433 g/mol. The van der Waals surface area contributed by atoms with Crippen LogP contribution in [0, 0.1) is 0 Å². The van der Waals surface area contributed by atoms with Gasteiger partial charge in [-0.2, -0.15) is 0 Å². The first-order valence-electron chi connectivity index (χ1n) is 10.7. The summed E-state index contributed by atoms with van der Waals surface area (Å²) in [5, 5.41) is 22.9. The van der Waals surface area contributed by atoms with Gasteiger partial charge < -0.3 is 30.0 Å². The van der Waals surface area contributed by atoms with Crippen LogP contribution in [0.5, 0.6) is 5.75 Å². The van der Waals surface area contributed by atoms with Crippen LogP contribution >= 0.6 is 0 Å². The van der Waals surface area contributed by atoms with Crippen molar-refractivity contribution in [1.82, 2.24) is 19.5 Å². The van der Waals surface area contributed by atoms with Gasteiger partial charge in [-0.1, -0.05) is 0 Å². The molecule has 9 nitrogen and oxygen atoms in total. The largest absolute Gasteiger partial charge is 0.491 e. The van der Waals surface area contributed by atoms with E-state index in [0.29, 0.717) is 28.5 Å². The van der Waals surface area contributed by atoms with Crippen LogP contribution in [-0.2, 0) is 4.74 Å². The van der Waals surface area contributed by atoms with Crippen LogP contribution in [0.2, 0.25) is 0 Å². The maximum Gasteiger partial charge on any atom is 0.164 e. The molecule has 164 valence electrons. The van der Waals surface area contributed by atoms with Crippen molar-refractivity contribution in [2.45, 2.75) is 43.3 Å². The minimum absolute atomic E-state index is 0.0801. The van der Waals surface area contributed by atoms with Crippen LogP contribution in [0.25, 0.3) is 21.9 Å². The third kappa shape index (κ3) is 3.26. The number of ether oxygens (including phenoxy) is 2. The Kier molecular flexibility index (Phi) is 4.49. The molecule has 1 saturated carbocycles. The Morgan fingerprint density at radius 2 is 1.97 bits per heavy atom. The summed E-state index contributed by atoms with van der Waals surface area (Å²) in [6.45, 7) is 0.0801. The fourth-order valence-corrected chi connectivity index (χ4v) is 4.32. The molecule has 4 N–H and O–H groups in total. The van der Waals surface area contributed by atoms with Gasteiger partial charge in [0, 0.05) is 23.8 Å². The number of aliphatic hydroxyl groups is 2. The standard InChI is InChI=1S/C23H23N5O4/c24-21-16-5-6-28(22(16)27-11-26-21)23-20(30)19(29)18(32-23)10-31-15-4-3-13-7-14(12-1-2-12)9-25-17(13)8-15/h3-9,11-12,18-20,23,29-30H,1-2,10H2,(H2,24,26,27)/t18-,19-,20-,23-/m1/s1. The van der Waals surface area contributed by atoms with E-state index in [1.54, 1.807) is 16.8 Å². The quantitative estimate of drug-likeness (QED) is 0.437. The molecule has 32 heavy (non-hydrogen) atoms. The fraction of sp³-hybridized carbons (Fsp3) is 0.348. The number of fused-ring (bicyclic) bond motifs is 2. The van der Waals surface area contributed by atoms with Gasteiger partial charge in [-0.05, 0) is 48.6 Å². The van der Waals surface area contributed by atoms with Gasteiger partial charge in [0.05, 0.1) is 10.9 Å². The first kappa shape index (κ1) is 19.4. The van der Waals surface area contributed by atoms with E-state index in [1.165, 1.54) is 24.7 Å². The third-order valence-corrected chi connectivity index (χ3v) is 6.29. The van der Waals surface area contributed by atoms with E-state index in [2.05, 4.69) is 21.0 Å². The van der Waals surface area contributed by atoms with Crippen molar-refractivity contribution in [1.29, 1.82) is 0 Å². The minimum atomic E-state index is -1.14. The molecule has 0 unspecified atom stereocenters. The van der Waals surface area contributed by atoms with E-state index < -0.39 is 24.5 Å². The summed E-state index contributed by atoms with van der Waals surface area (Å²) in [4.78, 5) is 12.8. The third-order valence-electron chi connectivity index (χ3n) is 6.29. The van der Waals surface area contributed by atoms with E-state index >= 15 is 0 Å². The van der Waals surface area contributed by atoms with Crippen LogP contribution in [0.4, 0.5) is 5.82 Å². The molecule has 1 aromatic carbocycles. The molecular weight excluding hydrogens is 410 g/mol. The number of anilines is 1. The minimum Gasteiger partial charge on any atom is -0.491 e. The number of pyridine rings is 1. The van der Waals surface area contributed by atoms with Crippen molar-refractivity contribution >= 4 is 27.8 Å². The van der Waals surface area contributed by atoms with Crippen LogP contribution in [0.15, 0.2) is 49.1 Å². The zero-order chi connectivity index (χ0) is 21.8. The summed E-state index contributed by atoms with van der Waals surface area (Å²) in [5.41, 5.74) is 8.57. The number of nitrogen functional groups attached to an aromatic ring is 1. The van der Waals surface area contributed by atoms with E-state index in [-0.39, 0.29) is 6.61 Å². The van der Waals surface area contributed by atoms with E-state index in [1.807, 2.05) is 24.4 Å². The second-order valence-electron chi connectivity index (χ2n) is 8.47. The molecule has 1 aliphatic heterocycles. The van der Waals surface area contributed by atoms with Crippen molar-refractivity contribution in [3.8, 4) is 5.75 Å². The second kappa shape index (κ2) is 7.40. The summed E-state index contributed by atoms with van der Waals surface area (Å²) in [5.74, 6) is 1.63. The number of hydrogen-bond acceptors (Lipinski definition) is 8. The number of benzene rings is 1. The highest BCUT2D eigenvalue weighted by molar-refractivity contribution is 5.86. The molecule has 0 bridgehead atoms. The van der Waals surface area contributed by atoms with Gasteiger partial charge >= 0.3 is 0 Å². The van der Waals surface area contributed by atoms with E-state index in [0.717, 1.165) is 10.9 Å². The molecular formula is C23H23N5O4. The molecule has 3 aromatic heterocycles. The first-order chi connectivity index (χ1) is 15.6. The lowest BCUT2D eigenvalue weighted by atomic mass is 10.1. The average Bonchev–Trinajstić information content (AvgIpc) is 3.51. The Balaban J connectivity index is 1.18. The smallest absolute Gasteiger partial charge is 0.164 e. The summed E-state index contributed by atoms with van der Waals surface area (Å²) in [6, 6.07) is 9.69. The molecule has 6 rings (SSSR count). The Labute approximate surface area is 183 Å². The molecule has 4 atom stereocenters. The molecule has 4 aromatic rings. The van der Waals surface area contributed by atoms with Crippen molar-refractivity contribution < 1.29 is 19.7 Å². The Hall–Kier alpha value is -3.27. The van der Waals surface area contributed by atoms with Crippen molar-refractivity contribution in [2.24, 2.45) is 0 Å². The van der Waals surface area contributed by atoms with Crippen LogP contribution in [0.3, 0.4) is 0 Å². The molecule has 2 aliphatic rings. The van der Waals surface area contributed by atoms with Gasteiger partial charge in [0.15, 0.2) is 6.23 Å². The summed E-state index contributed by atoms with van der Waals surface area (Å²) >= 11 is 0. The number of nitrogens with zero attached hydrogens (tertiary/aromatic N) is 4. The SMILES string of the molecule is Nc1ncnc2c1ccn2[C@@H]1O[C@H](COc2ccc3cc(C4CC4)cnc3c2)[C@@H](O)[C@H]1O. The van der Waals surface area contributed by atoms with Gasteiger partial charge in [0.2, 0.25) is 0 Å². The normalized spacial score (nSPS) is 25.6. The summed E-state index contributed by atoms with van der Waals surface area (Å²) in [6.07, 6.45) is 3.70. The predicted octanol–water partition coefficient (Wildman–Crippen LogP) is 2.14. The van der Waals surface area contributed by atoms with Crippen molar-refractivity contribution in [3.63, 3.8) is 0 Å². The number of hydrogen-bond donors (Lipinski definition) is 3. The second-order valence-corrected chi connectivity index (χ2v) is 8.47. The van der Waals surface area contributed by atoms with Gasteiger partial charge in [0.1, 0.15) is 48.5 Å². The zero-order valence-electron chi connectivity index (χ0n) is 17.2. The van der Waals surface area contributed by atoms with Crippen LogP contribution in [-0.4, -0.2) is 54.7 Å². The molecule has 0 amide bonds. The van der Waals surface area contributed by atoms with Gasteiger partial charge in [0.25, 0.3) is 0 Å². The maximum atomic E-state index is 10.6. The first-order valence-corrected chi connectivity index (χ1v) is 10.7. The molecule has 1 saturated heterocycles. The van der Waals surface area contributed by atoms with E-state index in [4.69, 9.17) is 15.2 Å². The fourth-order valence-electron chi connectivity index (χ4n) is 4.32. The van der Waals surface area contributed by atoms with E-state index in [9.17, 15) is 10.2 Å². The van der Waals surface area contributed by atoms with Gasteiger partial charge in [-0.25, -0.2) is 9.97 Å². The summed E-state index contributed by atoms with van der Waals surface area (Å²) < 4.78 is 13.5. The number of nitrogens with two attached hydrogens (primary N) is 1. The predicted molar refractivity (Wildman–Crippen MR) is 117 cm³/mol. The topological polar surface area (TPSA) is 129 Å². The average molecular weight is 433 g/mol. The summed E-state index contributed by atoms with van der Waals surface area (Å²) in [7, 11) is 0.